The number of hydrogen-bond acceptors (Lipinski definition) is 2. The first-order valence-corrected chi connectivity index (χ1v) is 11.9. The summed E-state index contributed by atoms with van der Waals surface area (Å²) < 4.78 is 0. The largest absolute Gasteiger partial charge is 0.292 e. The highest BCUT2D eigenvalue weighted by Gasteiger charge is 2.55. The molecule has 1 unspecified atom stereocenters. The topological polar surface area (TPSA) is 34.1 Å². The van der Waals surface area contributed by atoms with E-state index in [-0.39, 0.29) is 17.1 Å². The summed E-state index contributed by atoms with van der Waals surface area (Å²) in [5, 5.41) is 0. The first-order chi connectivity index (χ1) is 16.2. The Morgan fingerprint density at radius 2 is 1.45 bits per heavy atom. The quantitative estimate of drug-likeness (QED) is 0.267. The molecule has 3 aromatic rings. The molecule has 0 amide bonds. The average Bonchev–Trinajstić information content (AvgIpc) is 2.86. The van der Waals surface area contributed by atoms with Crippen LogP contribution in [0.3, 0.4) is 0 Å². The molecule has 3 aromatic carbocycles. The third-order valence-electron chi connectivity index (χ3n) is 7.78. The van der Waals surface area contributed by atoms with E-state index in [1.54, 1.807) is 12.1 Å². The fraction of sp³-hybridized carbons (Fsp3) is 0.226. The van der Waals surface area contributed by atoms with Crippen LogP contribution in [0.5, 0.6) is 0 Å². The Morgan fingerprint density at radius 1 is 0.788 bits per heavy atom. The van der Waals surface area contributed by atoms with Gasteiger partial charge in [0, 0.05) is 5.56 Å². The number of benzene rings is 3. The number of allylic oxidation sites excluding steroid dienone is 3. The summed E-state index contributed by atoms with van der Waals surface area (Å²) in [7, 11) is 0. The molecule has 0 aliphatic heterocycles. The molecule has 0 N–H and O–H groups in total. The molecule has 0 spiro atoms. The van der Waals surface area contributed by atoms with E-state index in [1.165, 1.54) is 24.8 Å². The van der Waals surface area contributed by atoms with Gasteiger partial charge in [-0.2, -0.15) is 0 Å². The van der Waals surface area contributed by atoms with Crippen LogP contribution in [0.25, 0.3) is 6.08 Å². The minimum absolute atomic E-state index is 0.0865. The summed E-state index contributed by atoms with van der Waals surface area (Å²) in [6.45, 7) is 0. The van der Waals surface area contributed by atoms with Crippen molar-refractivity contribution in [2.24, 2.45) is 11.8 Å². The molecule has 162 valence electrons. The zero-order valence-electron chi connectivity index (χ0n) is 18.5. The van der Waals surface area contributed by atoms with Gasteiger partial charge in [0.2, 0.25) is 0 Å². The Kier molecular flexibility index (Phi) is 4.76. The first-order valence-electron chi connectivity index (χ1n) is 11.9. The van der Waals surface area contributed by atoms with Crippen LogP contribution in [0.2, 0.25) is 0 Å². The highest BCUT2D eigenvalue weighted by Crippen LogP contribution is 2.57. The van der Waals surface area contributed by atoms with Gasteiger partial charge in [0.1, 0.15) is 5.41 Å². The molecule has 2 nitrogen and oxygen atoms in total. The number of Topliss-reactive ketones (excluding diaryl/α,β-unsaturated/α-hetero) is 2. The van der Waals surface area contributed by atoms with Gasteiger partial charge in [-0.15, -0.1) is 0 Å². The first kappa shape index (κ1) is 20.1. The fourth-order valence-corrected chi connectivity index (χ4v) is 6.24. The van der Waals surface area contributed by atoms with E-state index >= 15 is 0 Å². The van der Waals surface area contributed by atoms with E-state index in [2.05, 4.69) is 24.3 Å². The van der Waals surface area contributed by atoms with Crippen molar-refractivity contribution in [3.05, 3.63) is 124 Å². The fourth-order valence-electron chi connectivity index (χ4n) is 6.24. The molecule has 6 rings (SSSR count). The van der Waals surface area contributed by atoms with Gasteiger partial charge in [0.05, 0.1) is 5.57 Å². The van der Waals surface area contributed by atoms with Gasteiger partial charge in [-0.3, -0.25) is 9.59 Å². The van der Waals surface area contributed by atoms with Gasteiger partial charge in [0.15, 0.2) is 11.6 Å². The molecule has 2 heteroatoms. The van der Waals surface area contributed by atoms with Crippen LogP contribution in [0.1, 0.15) is 52.7 Å². The van der Waals surface area contributed by atoms with Crippen molar-refractivity contribution in [1.29, 1.82) is 0 Å². The third-order valence-corrected chi connectivity index (χ3v) is 7.78. The lowest BCUT2D eigenvalue weighted by Gasteiger charge is -2.50. The molecule has 0 heterocycles. The lowest BCUT2D eigenvalue weighted by Crippen LogP contribution is -2.50. The molecule has 3 aliphatic carbocycles. The third kappa shape index (κ3) is 2.94. The maximum absolute atomic E-state index is 14.6. The second-order valence-electron chi connectivity index (χ2n) is 9.46. The summed E-state index contributed by atoms with van der Waals surface area (Å²) >= 11 is 0. The van der Waals surface area contributed by atoms with E-state index in [0.29, 0.717) is 17.4 Å². The molecule has 33 heavy (non-hydrogen) atoms. The van der Waals surface area contributed by atoms with Crippen molar-refractivity contribution in [1.82, 2.24) is 0 Å². The Morgan fingerprint density at radius 3 is 2.21 bits per heavy atom. The summed E-state index contributed by atoms with van der Waals surface area (Å²) in [6, 6.07) is 27.4. The highest BCUT2D eigenvalue weighted by atomic mass is 16.2. The van der Waals surface area contributed by atoms with E-state index in [0.717, 1.165) is 23.1 Å². The number of carbonyl (C=O) groups excluding carboxylic acids is 2. The minimum atomic E-state index is -0.940. The summed E-state index contributed by atoms with van der Waals surface area (Å²) in [5.41, 5.74) is 4.01. The molecular weight excluding hydrogens is 404 g/mol. The molecule has 0 saturated heterocycles. The van der Waals surface area contributed by atoms with Gasteiger partial charge in [-0.1, -0.05) is 104 Å². The van der Waals surface area contributed by atoms with Crippen LogP contribution >= 0.6 is 0 Å². The van der Waals surface area contributed by atoms with E-state index < -0.39 is 5.41 Å². The number of carbonyl (C=O) groups is 2. The molecule has 0 radical (unpaired) electrons. The van der Waals surface area contributed by atoms with Crippen LogP contribution < -0.4 is 0 Å². The second-order valence-corrected chi connectivity index (χ2v) is 9.46. The van der Waals surface area contributed by atoms with Gasteiger partial charge in [-0.25, -0.2) is 0 Å². The van der Waals surface area contributed by atoms with Gasteiger partial charge < -0.3 is 0 Å². The van der Waals surface area contributed by atoms with Crippen molar-refractivity contribution < 1.29 is 9.59 Å². The Labute approximate surface area is 194 Å². The minimum Gasteiger partial charge on any atom is -0.292 e. The number of ketones is 2. The van der Waals surface area contributed by atoms with E-state index in [9.17, 15) is 9.59 Å². The molecule has 0 aromatic heterocycles. The SMILES string of the molecule is O=C(C1=Cc2ccccc2C(C2=C[C@@H]3CCCC[C@H]23)(c2ccccc2)C1=O)c1ccccc1. The maximum atomic E-state index is 14.6. The second kappa shape index (κ2) is 7.81. The normalized spacial score (nSPS) is 25.8. The standard InChI is InChI=1S/C31H26O2/c32-29(21-11-3-1-4-12-21)26-19-23-14-8-10-18-27(23)31(30(26)33,24-15-5-2-6-16-24)28-20-22-13-7-9-17-25(22)28/h1-6,8,10-12,14-16,18-20,22,25H,7,9,13,17H2/t22-,25-,31?/m0/s1. The number of rotatable bonds is 4. The lowest BCUT2D eigenvalue weighted by atomic mass is 9.51. The van der Waals surface area contributed by atoms with Crippen LogP contribution in [-0.2, 0) is 10.2 Å². The van der Waals surface area contributed by atoms with Gasteiger partial charge >= 0.3 is 0 Å². The Bertz CT molecular complexity index is 1300. The molecule has 3 aliphatic rings. The summed E-state index contributed by atoms with van der Waals surface area (Å²) in [4.78, 5) is 28.2. The van der Waals surface area contributed by atoms with Crippen LogP contribution in [0.15, 0.2) is 102 Å². The smallest absolute Gasteiger partial charge is 0.196 e. The van der Waals surface area contributed by atoms with Crippen molar-refractivity contribution in [2.45, 2.75) is 31.1 Å². The van der Waals surface area contributed by atoms with Crippen molar-refractivity contribution in [3.8, 4) is 0 Å². The lowest BCUT2D eigenvalue weighted by molar-refractivity contribution is -0.118. The van der Waals surface area contributed by atoms with E-state index in [1.807, 2.05) is 60.7 Å². The number of hydrogen-bond donors (Lipinski definition) is 0. The molecule has 1 saturated carbocycles. The highest BCUT2D eigenvalue weighted by molar-refractivity contribution is 6.34. The maximum Gasteiger partial charge on any atom is 0.196 e. The van der Waals surface area contributed by atoms with E-state index in [4.69, 9.17) is 0 Å². The predicted molar refractivity (Wildman–Crippen MR) is 131 cm³/mol. The zero-order chi connectivity index (χ0) is 22.4. The van der Waals surface area contributed by atoms with Gasteiger partial charge in [0.25, 0.3) is 0 Å². The van der Waals surface area contributed by atoms with Crippen LogP contribution in [-0.4, -0.2) is 11.6 Å². The molecule has 0 bridgehead atoms. The monoisotopic (exact) mass is 430 g/mol. The zero-order valence-corrected chi connectivity index (χ0v) is 18.5. The van der Waals surface area contributed by atoms with Crippen molar-refractivity contribution >= 4 is 17.6 Å². The molecule has 3 atom stereocenters. The van der Waals surface area contributed by atoms with Crippen LogP contribution in [0.4, 0.5) is 0 Å². The van der Waals surface area contributed by atoms with Crippen LogP contribution in [0, 0.1) is 11.8 Å². The number of fused-ring (bicyclic) bond motifs is 2. The average molecular weight is 431 g/mol. The summed E-state index contributed by atoms with van der Waals surface area (Å²) in [5.74, 6) is 0.669. The van der Waals surface area contributed by atoms with Gasteiger partial charge in [-0.05, 0) is 53.0 Å². The molecule has 1 fully saturated rings. The molecular formula is C31H26O2. The van der Waals surface area contributed by atoms with Crippen molar-refractivity contribution in [3.63, 3.8) is 0 Å². The van der Waals surface area contributed by atoms with Crippen molar-refractivity contribution in [2.75, 3.05) is 0 Å². The Balaban J connectivity index is 1.61. The predicted octanol–water partition coefficient (Wildman–Crippen LogP) is 6.57. The Hall–Kier alpha value is -3.52. The summed E-state index contributed by atoms with van der Waals surface area (Å²) in [6.07, 6.45) is 8.93.